The van der Waals surface area contributed by atoms with Crippen LogP contribution in [-0.2, 0) is 0 Å². The minimum absolute atomic E-state index is 0.870. The molecule has 0 aliphatic carbocycles. The van der Waals surface area contributed by atoms with Crippen molar-refractivity contribution in [2.24, 2.45) is 0 Å². The molecule has 19 heavy (non-hydrogen) atoms. The third-order valence-corrected chi connectivity index (χ3v) is 3.71. The minimum Gasteiger partial charge on any atom is -0.378 e. The lowest BCUT2D eigenvalue weighted by Crippen LogP contribution is -2.08. The first kappa shape index (κ1) is 12.2. The highest BCUT2D eigenvalue weighted by Gasteiger charge is 2.11. The van der Waals surface area contributed by atoms with Crippen LogP contribution in [0.3, 0.4) is 0 Å². The SMILES string of the molecule is CN(C)c1ccn2c(-c3ccccc3)nc(Br)c2c1. The van der Waals surface area contributed by atoms with E-state index in [-0.39, 0.29) is 0 Å². The third kappa shape index (κ3) is 2.12. The zero-order valence-electron chi connectivity index (χ0n) is 10.8. The monoisotopic (exact) mass is 315 g/mol. The van der Waals surface area contributed by atoms with Gasteiger partial charge in [0.1, 0.15) is 10.4 Å². The molecule has 0 radical (unpaired) electrons. The van der Waals surface area contributed by atoms with Crippen LogP contribution in [0.25, 0.3) is 16.9 Å². The molecule has 0 bridgehead atoms. The summed E-state index contributed by atoms with van der Waals surface area (Å²) in [4.78, 5) is 6.71. The lowest BCUT2D eigenvalue weighted by Gasteiger charge is -2.12. The Bertz CT molecular complexity index is 717. The molecule has 0 aliphatic rings. The molecule has 3 rings (SSSR count). The van der Waals surface area contributed by atoms with Gasteiger partial charge in [0, 0.05) is 31.5 Å². The zero-order valence-corrected chi connectivity index (χ0v) is 12.4. The number of aromatic nitrogens is 2. The molecule has 3 aromatic rings. The smallest absolute Gasteiger partial charge is 0.145 e. The highest BCUT2D eigenvalue weighted by molar-refractivity contribution is 9.10. The maximum absolute atomic E-state index is 4.62. The molecule has 2 aromatic heterocycles. The number of pyridine rings is 1. The average Bonchev–Trinajstić information content (AvgIpc) is 2.77. The van der Waals surface area contributed by atoms with Crippen LogP contribution in [0.4, 0.5) is 5.69 Å². The van der Waals surface area contributed by atoms with Gasteiger partial charge in [0.25, 0.3) is 0 Å². The largest absolute Gasteiger partial charge is 0.378 e. The van der Waals surface area contributed by atoms with Gasteiger partial charge in [0.05, 0.1) is 5.52 Å². The van der Waals surface area contributed by atoms with Crippen molar-refractivity contribution >= 4 is 27.1 Å². The molecule has 4 heteroatoms. The van der Waals surface area contributed by atoms with E-state index in [1.165, 1.54) is 0 Å². The summed E-state index contributed by atoms with van der Waals surface area (Å²) in [6.45, 7) is 0. The number of fused-ring (bicyclic) bond motifs is 1. The molecule has 0 amide bonds. The highest BCUT2D eigenvalue weighted by Crippen LogP contribution is 2.28. The first-order valence-electron chi connectivity index (χ1n) is 6.07. The summed E-state index contributed by atoms with van der Waals surface area (Å²) >= 11 is 3.55. The van der Waals surface area contributed by atoms with Gasteiger partial charge in [-0.1, -0.05) is 30.3 Å². The second-order valence-electron chi connectivity index (χ2n) is 4.63. The van der Waals surface area contributed by atoms with Gasteiger partial charge in [0.15, 0.2) is 0 Å². The number of hydrogen-bond donors (Lipinski definition) is 0. The van der Waals surface area contributed by atoms with Crippen molar-refractivity contribution in [3.8, 4) is 11.4 Å². The maximum Gasteiger partial charge on any atom is 0.145 e. The first-order chi connectivity index (χ1) is 9.16. The van der Waals surface area contributed by atoms with Crippen LogP contribution < -0.4 is 4.90 Å². The predicted molar refractivity (Wildman–Crippen MR) is 82.7 cm³/mol. The molecule has 0 saturated carbocycles. The quantitative estimate of drug-likeness (QED) is 0.716. The van der Waals surface area contributed by atoms with Crippen molar-refractivity contribution in [1.82, 2.24) is 9.38 Å². The fourth-order valence-electron chi connectivity index (χ4n) is 2.11. The summed E-state index contributed by atoms with van der Waals surface area (Å²) in [5.41, 5.74) is 3.35. The van der Waals surface area contributed by atoms with Gasteiger partial charge in [-0.15, -0.1) is 0 Å². The maximum atomic E-state index is 4.62. The summed E-state index contributed by atoms with van der Waals surface area (Å²) in [6, 6.07) is 14.4. The Morgan fingerprint density at radius 1 is 1.11 bits per heavy atom. The van der Waals surface area contributed by atoms with Crippen molar-refractivity contribution in [3.63, 3.8) is 0 Å². The van der Waals surface area contributed by atoms with E-state index in [4.69, 9.17) is 0 Å². The molecule has 96 valence electrons. The van der Waals surface area contributed by atoms with Gasteiger partial charge in [-0.05, 0) is 28.1 Å². The molecule has 0 aliphatic heterocycles. The van der Waals surface area contributed by atoms with Crippen molar-refractivity contribution in [3.05, 3.63) is 53.3 Å². The van der Waals surface area contributed by atoms with E-state index < -0.39 is 0 Å². The van der Waals surface area contributed by atoms with Crippen LogP contribution >= 0.6 is 15.9 Å². The lowest BCUT2D eigenvalue weighted by molar-refractivity contribution is 1.10. The molecule has 3 nitrogen and oxygen atoms in total. The Kier molecular flexibility index (Phi) is 3.03. The highest BCUT2D eigenvalue weighted by atomic mass is 79.9. The molecule has 0 fully saturated rings. The van der Waals surface area contributed by atoms with Crippen LogP contribution in [0.15, 0.2) is 53.3 Å². The van der Waals surface area contributed by atoms with Crippen molar-refractivity contribution in [2.75, 3.05) is 19.0 Å². The van der Waals surface area contributed by atoms with Gasteiger partial charge in [-0.2, -0.15) is 0 Å². The lowest BCUT2D eigenvalue weighted by atomic mass is 10.2. The fraction of sp³-hybridized carbons (Fsp3) is 0.133. The second-order valence-corrected chi connectivity index (χ2v) is 5.38. The number of benzene rings is 1. The van der Waals surface area contributed by atoms with Crippen molar-refractivity contribution < 1.29 is 0 Å². The van der Waals surface area contributed by atoms with E-state index >= 15 is 0 Å². The molecular formula is C15H14BrN3. The van der Waals surface area contributed by atoms with E-state index in [0.717, 1.165) is 27.2 Å². The summed E-state index contributed by atoms with van der Waals surface area (Å²) in [6.07, 6.45) is 2.06. The number of halogens is 1. The van der Waals surface area contributed by atoms with Crippen LogP contribution in [0.1, 0.15) is 0 Å². The van der Waals surface area contributed by atoms with E-state index in [9.17, 15) is 0 Å². The molecule has 0 unspecified atom stereocenters. The van der Waals surface area contributed by atoms with Gasteiger partial charge >= 0.3 is 0 Å². The average molecular weight is 316 g/mol. The molecule has 0 saturated heterocycles. The normalized spacial score (nSPS) is 10.9. The molecule has 0 spiro atoms. The first-order valence-corrected chi connectivity index (χ1v) is 6.86. The van der Waals surface area contributed by atoms with Crippen LogP contribution in [0.5, 0.6) is 0 Å². The summed E-state index contributed by atoms with van der Waals surface area (Å²) in [5.74, 6) is 0.952. The third-order valence-electron chi connectivity index (χ3n) is 3.13. The summed E-state index contributed by atoms with van der Waals surface area (Å²) in [5, 5.41) is 0. The zero-order chi connectivity index (χ0) is 13.4. The van der Waals surface area contributed by atoms with E-state index in [1.807, 2.05) is 32.3 Å². The Hall–Kier alpha value is -1.81. The fourth-order valence-corrected chi connectivity index (χ4v) is 2.58. The molecule has 2 heterocycles. The van der Waals surface area contributed by atoms with Crippen LogP contribution in [0, 0.1) is 0 Å². The number of anilines is 1. The Morgan fingerprint density at radius 2 is 1.84 bits per heavy atom. The van der Waals surface area contributed by atoms with Gasteiger partial charge < -0.3 is 4.90 Å². The molecule has 0 N–H and O–H groups in total. The second kappa shape index (κ2) is 4.70. The molecule has 1 aromatic carbocycles. The topological polar surface area (TPSA) is 20.5 Å². The van der Waals surface area contributed by atoms with Crippen molar-refractivity contribution in [1.29, 1.82) is 0 Å². The number of hydrogen-bond acceptors (Lipinski definition) is 2. The molecule has 0 atom stereocenters. The van der Waals surface area contributed by atoms with Gasteiger partial charge in [0.2, 0.25) is 0 Å². The summed E-state index contributed by atoms with van der Waals surface area (Å²) < 4.78 is 2.97. The van der Waals surface area contributed by atoms with Crippen LogP contribution in [0.2, 0.25) is 0 Å². The van der Waals surface area contributed by atoms with E-state index in [2.05, 4.69) is 60.7 Å². The Morgan fingerprint density at radius 3 is 2.53 bits per heavy atom. The molecular weight excluding hydrogens is 302 g/mol. The van der Waals surface area contributed by atoms with Crippen LogP contribution in [-0.4, -0.2) is 23.5 Å². The van der Waals surface area contributed by atoms with Gasteiger partial charge in [-0.25, -0.2) is 4.98 Å². The van der Waals surface area contributed by atoms with E-state index in [0.29, 0.717) is 0 Å². The van der Waals surface area contributed by atoms with Gasteiger partial charge in [-0.3, -0.25) is 4.40 Å². The standard InChI is InChI=1S/C15H14BrN3/c1-18(2)12-8-9-19-13(10-12)14(16)17-15(19)11-6-4-3-5-7-11/h3-10H,1-2H3. The number of imidazole rings is 1. The Labute approximate surface area is 120 Å². The Balaban J connectivity index is 2.23. The summed E-state index contributed by atoms with van der Waals surface area (Å²) in [7, 11) is 4.07. The number of nitrogens with zero attached hydrogens (tertiary/aromatic N) is 3. The predicted octanol–water partition coefficient (Wildman–Crippen LogP) is 3.83. The van der Waals surface area contributed by atoms with E-state index in [1.54, 1.807) is 0 Å². The van der Waals surface area contributed by atoms with Crippen molar-refractivity contribution in [2.45, 2.75) is 0 Å². The number of rotatable bonds is 2. The minimum atomic E-state index is 0.870.